The zero-order valence-electron chi connectivity index (χ0n) is 19.7. The van der Waals surface area contributed by atoms with Crippen molar-refractivity contribution in [1.82, 2.24) is 10.2 Å². The van der Waals surface area contributed by atoms with Gasteiger partial charge in [-0.05, 0) is 55.2 Å². The Morgan fingerprint density at radius 2 is 1.70 bits per heavy atom. The van der Waals surface area contributed by atoms with Crippen LogP contribution in [0, 0.1) is 0 Å². The number of sulfonamides is 1. The molecule has 0 bridgehead atoms. The summed E-state index contributed by atoms with van der Waals surface area (Å²) in [6.45, 7) is 7.61. The Labute approximate surface area is 201 Å². The van der Waals surface area contributed by atoms with E-state index in [4.69, 9.17) is 11.6 Å². The molecule has 0 saturated carbocycles. The molecule has 180 valence electrons. The van der Waals surface area contributed by atoms with Gasteiger partial charge in [-0.1, -0.05) is 49.7 Å². The molecular formula is C24H32ClN3O4S. The Balaban J connectivity index is 2.37. The van der Waals surface area contributed by atoms with Crippen molar-refractivity contribution < 1.29 is 18.0 Å². The number of nitrogens with zero attached hydrogens (tertiary/aromatic N) is 2. The second-order valence-corrected chi connectivity index (χ2v) is 10.6. The van der Waals surface area contributed by atoms with Crippen LogP contribution in [0.1, 0.15) is 44.7 Å². The van der Waals surface area contributed by atoms with Gasteiger partial charge in [0.2, 0.25) is 21.8 Å². The molecule has 2 rings (SSSR count). The molecule has 0 radical (unpaired) electrons. The third-order valence-electron chi connectivity index (χ3n) is 5.29. The van der Waals surface area contributed by atoms with Gasteiger partial charge >= 0.3 is 0 Å². The van der Waals surface area contributed by atoms with Gasteiger partial charge in [-0.3, -0.25) is 13.9 Å². The predicted molar refractivity (Wildman–Crippen MR) is 133 cm³/mol. The SMILES string of the molecule is CCNC(=O)[C@@H](C)N(Cc1cccc(Cl)c1)C(=O)CN(c1ccc(C(C)C)cc1)S(C)(=O)=O. The zero-order chi connectivity index (χ0) is 24.8. The minimum Gasteiger partial charge on any atom is -0.355 e. The summed E-state index contributed by atoms with van der Waals surface area (Å²) in [5, 5.41) is 3.23. The predicted octanol–water partition coefficient (Wildman–Crippen LogP) is 3.78. The van der Waals surface area contributed by atoms with Crippen molar-refractivity contribution in [3.8, 4) is 0 Å². The van der Waals surface area contributed by atoms with Crippen molar-refractivity contribution in [2.75, 3.05) is 23.7 Å². The van der Waals surface area contributed by atoms with Crippen molar-refractivity contribution >= 4 is 39.1 Å². The molecule has 33 heavy (non-hydrogen) atoms. The summed E-state index contributed by atoms with van der Waals surface area (Å²) in [5.74, 6) is -0.523. The molecule has 0 aliphatic rings. The first kappa shape index (κ1) is 26.7. The van der Waals surface area contributed by atoms with Gasteiger partial charge in [0.25, 0.3) is 0 Å². The minimum absolute atomic E-state index is 0.113. The van der Waals surface area contributed by atoms with E-state index < -0.39 is 28.5 Å². The number of carbonyl (C=O) groups excluding carboxylic acids is 2. The first-order chi connectivity index (χ1) is 15.4. The lowest BCUT2D eigenvalue weighted by Gasteiger charge is -2.31. The Morgan fingerprint density at radius 1 is 1.06 bits per heavy atom. The van der Waals surface area contributed by atoms with E-state index in [9.17, 15) is 18.0 Å². The van der Waals surface area contributed by atoms with Crippen molar-refractivity contribution in [2.24, 2.45) is 0 Å². The van der Waals surface area contributed by atoms with E-state index in [-0.39, 0.29) is 12.5 Å². The highest BCUT2D eigenvalue weighted by Gasteiger charge is 2.30. The normalized spacial score (nSPS) is 12.3. The molecule has 2 aromatic rings. The van der Waals surface area contributed by atoms with Gasteiger partial charge in [0.05, 0.1) is 11.9 Å². The van der Waals surface area contributed by atoms with Crippen LogP contribution in [0.4, 0.5) is 5.69 Å². The Morgan fingerprint density at radius 3 is 2.21 bits per heavy atom. The number of hydrogen-bond donors (Lipinski definition) is 1. The molecule has 1 N–H and O–H groups in total. The number of rotatable bonds is 10. The summed E-state index contributed by atoms with van der Waals surface area (Å²) < 4.78 is 26.2. The third-order valence-corrected chi connectivity index (χ3v) is 6.66. The standard InChI is InChI=1S/C24H32ClN3O4S/c1-6-26-24(30)18(4)27(15-19-8-7-9-21(25)14-19)23(29)16-28(33(5,31)32)22-12-10-20(11-13-22)17(2)3/h7-14,17-18H,6,15-16H2,1-5H3,(H,26,30)/t18-/m1/s1. The van der Waals surface area contributed by atoms with Gasteiger partial charge < -0.3 is 10.2 Å². The number of hydrogen-bond acceptors (Lipinski definition) is 4. The molecule has 0 heterocycles. The number of benzene rings is 2. The summed E-state index contributed by atoms with van der Waals surface area (Å²) in [6, 6.07) is 13.3. The zero-order valence-corrected chi connectivity index (χ0v) is 21.3. The largest absolute Gasteiger partial charge is 0.355 e. The Hall–Kier alpha value is -2.58. The second-order valence-electron chi connectivity index (χ2n) is 8.24. The number of halogens is 1. The van der Waals surface area contributed by atoms with Gasteiger partial charge in [0, 0.05) is 18.1 Å². The third kappa shape index (κ3) is 7.47. The maximum Gasteiger partial charge on any atom is 0.244 e. The fourth-order valence-corrected chi connectivity index (χ4v) is 4.44. The number of anilines is 1. The number of carbonyl (C=O) groups is 2. The molecule has 0 aliphatic carbocycles. The number of nitrogens with one attached hydrogen (secondary N) is 1. The van der Waals surface area contributed by atoms with Crippen molar-refractivity contribution in [3.05, 3.63) is 64.7 Å². The lowest BCUT2D eigenvalue weighted by molar-refractivity contribution is -0.139. The molecule has 0 aromatic heterocycles. The van der Waals surface area contributed by atoms with E-state index in [2.05, 4.69) is 5.32 Å². The fourth-order valence-electron chi connectivity index (χ4n) is 3.38. The number of amides is 2. The van der Waals surface area contributed by atoms with Crippen LogP contribution in [0.3, 0.4) is 0 Å². The first-order valence-electron chi connectivity index (χ1n) is 10.8. The van der Waals surface area contributed by atoms with E-state index in [1.165, 1.54) is 4.90 Å². The van der Waals surface area contributed by atoms with Crippen molar-refractivity contribution in [2.45, 2.75) is 46.2 Å². The van der Waals surface area contributed by atoms with E-state index in [1.54, 1.807) is 50.2 Å². The smallest absolute Gasteiger partial charge is 0.244 e. The maximum absolute atomic E-state index is 13.4. The van der Waals surface area contributed by atoms with Gasteiger partial charge in [-0.2, -0.15) is 0 Å². The van der Waals surface area contributed by atoms with Crippen LogP contribution in [0.25, 0.3) is 0 Å². The maximum atomic E-state index is 13.4. The minimum atomic E-state index is -3.75. The lowest BCUT2D eigenvalue weighted by Crippen LogP contribution is -2.51. The molecule has 0 spiro atoms. The van der Waals surface area contributed by atoms with Gasteiger partial charge in [0.1, 0.15) is 12.6 Å². The van der Waals surface area contributed by atoms with Crippen LogP contribution in [-0.4, -0.2) is 50.5 Å². The highest BCUT2D eigenvalue weighted by molar-refractivity contribution is 7.92. The summed E-state index contributed by atoms with van der Waals surface area (Å²) in [4.78, 5) is 27.3. The summed E-state index contributed by atoms with van der Waals surface area (Å²) in [5.41, 5.74) is 2.19. The van der Waals surface area contributed by atoms with Crippen LogP contribution in [0.15, 0.2) is 48.5 Å². The molecule has 0 fully saturated rings. The molecule has 2 amide bonds. The first-order valence-corrected chi connectivity index (χ1v) is 13.1. The van der Waals surface area contributed by atoms with Gasteiger partial charge in [0.15, 0.2) is 0 Å². The van der Waals surface area contributed by atoms with Crippen molar-refractivity contribution in [3.63, 3.8) is 0 Å². The topological polar surface area (TPSA) is 86.8 Å². The molecule has 0 unspecified atom stereocenters. The average Bonchev–Trinajstić information content (AvgIpc) is 2.74. The quantitative estimate of drug-likeness (QED) is 0.545. The van der Waals surface area contributed by atoms with Gasteiger partial charge in [-0.25, -0.2) is 8.42 Å². The Kier molecular flexibility index (Phi) is 9.31. The second kappa shape index (κ2) is 11.5. The summed E-state index contributed by atoms with van der Waals surface area (Å²) >= 11 is 6.09. The van der Waals surface area contributed by atoms with Crippen LogP contribution < -0.4 is 9.62 Å². The van der Waals surface area contributed by atoms with Crippen LogP contribution in [-0.2, 0) is 26.2 Å². The fraction of sp³-hybridized carbons (Fsp3) is 0.417. The van der Waals surface area contributed by atoms with Crippen molar-refractivity contribution in [1.29, 1.82) is 0 Å². The molecule has 0 aliphatic heterocycles. The Bertz CT molecular complexity index is 1070. The summed E-state index contributed by atoms with van der Waals surface area (Å²) in [7, 11) is -3.75. The monoisotopic (exact) mass is 493 g/mol. The highest BCUT2D eigenvalue weighted by atomic mass is 35.5. The van der Waals surface area contributed by atoms with Crippen LogP contribution in [0.5, 0.6) is 0 Å². The van der Waals surface area contributed by atoms with Gasteiger partial charge in [-0.15, -0.1) is 0 Å². The lowest BCUT2D eigenvalue weighted by atomic mass is 10.0. The molecule has 2 aromatic carbocycles. The molecular weight excluding hydrogens is 462 g/mol. The van der Waals surface area contributed by atoms with E-state index >= 15 is 0 Å². The van der Waals surface area contributed by atoms with E-state index in [1.807, 2.05) is 26.0 Å². The summed E-state index contributed by atoms with van der Waals surface area (Å²) in [6.07, 6.45) is 1.06. The molecule has 1 atom stereocenters. The van der Waals surface area contributed by atoms with E-state index in [0.29, 0.717) is 23.2 Å². The molecule has 0 saturated heterocycles. The number of likely N-dealkylation sites (N-methyl/N-ethyl adjacent to an activating group) is 1. The van der Waals surface area contributed by atoms with Crippen LogP contribution >= 0.6 is 11.6 Å². The molecule has 9 heteroatoms. The average molecular weight is 494 g/mol. The van der Waals surface area contributed by atoms with Crippen LogP contribution in [0.2, 0.25) is 5.02 Å². The molecule has 7 nitrogen and oxygen atoms in total. The highest BCUT2D eigenvalue weighted by Crippen LogP contribution is 2.23. The van der Waals surface area contributed by atoms with E-state index in [0.717, 1.165) is 21.7 Å².